The number of amides is 2. The number of imide groups is 1. The van der Waals surface area contributed by atoms with Crippen LogP contribution in [0.1, 0.15) is 38.3 Å². The monoisotopic (exact) mass is 440 g/mol. The standard InChI is InChI=1S/C24H28N2O6/c1-29-18-6-4-16(20(15-18)30-2)14-17-5-7-19-21(24(28)25-23(19)27)22(17)32-11-3-8-26-9-12-31-13-10-26/h4-7,15H,3,8-14H2,1-2H3,(H,25,27,28). The third kappa shape index (κ3) is 4.71. The molecular formula is C24H28N2O6. The summed E-state index contributed by atoms with van der Waals surface area (Å²) in [6, 6.07) is 9.14. The molecule has 0 radical (unpaired) electrons. The van der Waals surface area contributed by atoms with Crippen LogP contribution in [0, 0.1) is 0 Å². The Bertz CT molecular complexity index is 1000. The highest BCUT2D eigenvalue weighted by atomic mass is 16.5. The Morgan fingerprint density at radius 2 is 1.78 bits per heavy atom. The molecule has 0 bridgehead atoms. The summed E-state index contributed by atoms with van der Waals surface area (Å²) in [6.45, 7) is 4.68. The van der Waals surface area contributed by atoms with Gasteiger partial charge in [-0.25, -0.2) is 0 Å². The molecule has 0 saturated carbocycles. The topological polar surface area (TPSA) is 86.3 Å². The second-order valence-corrected chi connectivity index (χ2v) is 7.77. The Labute approximate surface area is 187 Å². The third-order valence-corrected chi connectivity index (χ3v) is 5.78. The highest BCUT2D eigenvalue weighted by molar-refractivity contribution is 6.22. The minimum absolute atomic E-state index is 0.311. The van der Waals surface area contributed by atoms with Crippen LogP contribution in [0.15, 0.2) is 30.3 Å². The van der Waals surface area contributed by atoms with Gasteiger partial charge in [-0.05, 0) is 29.7 Å². The van der Waals surface area contributed by atoms with Crippen LogP contribution in [0.3, 0.4) is 0 Å². The molecule has 2 heterocycles. The SMILES string of the molecule is COc1ccc(Cc2ccc3c(c2OCCCN2CCOCC2)C(=O)NC3=O)c(OC)c1. The van der Waals surface area contributed by atoms with Crippen molar-refractivity contribution >= 4 is 11.8 Å². The Morgan fingerprint density at radius 1 is 1.00 bits per heavy atom. The molecule has 0 aromatic heterocycles. The van der Waals surface area contributed by atoms with Crippen LogP contribution in [0.2, 0.25) is 0 Å². The van der Waals surface area contributed by atoms with Crippen molar-refractivity contribution in [3.05, 3.63) is 52.6 Å². The van der Waals surface area contributed by atoms with E-state index in [-0.39, 0.29) is 0 Å². The summed E-state index contributed by atoms with van der Waals surface area (Å²) in [7, 11) is 3.21. The van der Waals surface area contributed by atoms with Crippen molar-refractivity contribution in [2.24, 2.45) is 0 Å². The first-order chi connectivity index (χ1) is 15.6. The van der Waals surface area contributed by atoms with Crippen LogP contribution < -0.4 is 19.5 Å². The van der Waals surface area contributed by atoms with Crippen LogP contribution >= 0.6 is 0 Å². The summed E-state index contributed by atoms with van der Waals surface area (Å²) in [5.41, 5.74) is 2.41. The van der Waals surface area contributed by atoms with Crippen LogP contribution in [0.4, 0.5) is 0 Å². The first-order valence-corrected chi connectivity index (χ1v) is 10.8. The maximum absolute atomic E-state index is 12.5. The number of benzene rings is 2. The predicted octanol–water partition coefficient (Wildman–Crippen LogP) is 2.28. The summed E-state index contributed by atoms with van der Waals surface area (Å²) >= 11 is 0. The maximum Gasteiger partial charge on any atom is 0.262 e. The molecule has 4 rings (SSSR count). The molecule has 170 valence electrons. The number of hydrogen-bond acceptors (Lipinski definition) is 7. The van der Waals surface area contributed by atoms with E-state index >= 15 is 0 Å². The van der Waals surface area contributed by atoms with E-state index < -0.39 is 11.8 Å². The molecule has 1 fully saturated rings. The lowest BCUT2D eigenvalue weighted by Gasteiger charge is -2.26. The molecule has 1 saturated heterocycles. The van der Waals surface area contributed by atoms with Crippen molar-refractivity contribution < 1.29 is 28.5 Å². The number of fused-ring (bicyclic) bond motifs is 1. The Hall–Kier alpha value is -3.10. The van der Waals surface area contributed by atoms with Crippen LogP contribution in [-0.4, -0.2) is 70.4 Å². The number of ether oxygens (including phenoxy) is 4. The quantitative estimate of drug-likeness (QED) is 0.473. The van der Waals surface area contributed by atoms with Gasteiger partial charge in [-0.15, -0.1) is 0 Å². The molecule has 2 aromatic carbocycles. The predicted molar refractivity (Wildman–Crippen MR) is 118 cm³/mol. The minimum atomic E-state index is -0.420. The Morgan fingerprint density at radius 3 is 2.53 bits per heavy atom. The molecule has 0 atom stereocenters. The van der Waals surface area contributed by atoms with Crippen LogP contribution in [-0.2, 0) is 11.2 Å². The van der Waals surface area contributed by atoms with E-state index in [4.69, 9.17) is 18.9 Å². The van der Waals surface area contributed by atoms with Gasteiger partial charge in [-0.3, -0.25) is 19.8 Å². The lowest BCUT2D eigenvalue weighted by Crippen LogP contribution is -2.37. The highest BCUT2D eigenvalue weighted by Gasteiger charge is 2.32. The van der Waals surface area contributed by atoms with Crippen molar-refractivity contribution in [2.75, 3.05) is 53.7 Å². The van der Waals surface area contributed by atoms with E-state index in [9.17, 15) is 9.59 Å². The molecule has 2 amide bonds. The van der Waals surface area contributed by atoms with Crippen molar-refractivity contribution in [1.29, 1.82) is 0 Å². The zero-order chi connectivity index (χ0) is 22.5. The van der Waals surface area contributed by atoms with Gasteiger partial charge in [0.05, 0.1) is 45.2 Å². The van der Waals surface area contributed by atoms with Crippen molar-refractivity contribution in [3.63, 3.8) is 0 Å². The number of nitrogens with zero attached hydrogens (tertiary/aromatic N) is 1. The fourth-order valence-electron chi connectivity index (χ4n) is 4.07. The van der Waals surface area contributed by atoms with Crippen molar-refractivity contribution in [2.45, 2.75) is 12.8 Å². The molecule has 0 aliphatic carbocycles. The van der Waals surface area contributed by atoms with Crippen molar-refractivity contribution in [3.8, 4) is 17.2 Å². The largest absolute Gasteiger partial charge is 0.497 e. The van der Waals surface area contributed by atoms with Gasteiger partial charge in [-0.1, -0.05) is 12.1 Å². The summed E-state index contributed by atoms with van der Waals surface area (Å²) in [6.07, 6.45) is 1.30. The lowest BCUT2D eigenvalue weighted by atomic mass is 9.97. The van der Waals surface area contributed by atoms with Crippen molar-refractivity contribution in [1.82, 2.24) is 10.2 Å². The van der Waals surface area contributed by atoms with Gasteiger partial charge in [0, 0.05) is 32.1 Å². The van der Waals surface area contributed by atoms with Gasteiger partial charge in [-0.2, -0.15) is 0 Å². The number of methoxy groups -OCH3 is 2. The number of carbonyl (C=O) groups excluding carboxylic acids is 2. The first-order valence-electron chi connectivity index (χ1n) is 10.8. The van der Waals surface area contributed by atoms with E-state index in [0.717, 1.165) is 50.4 Å². The van der Waals surface area contributed by atoms with Crippen LogP contribution in [0.5, 0.6) is 17.2 Å². The molecule has 8 nitrogen and oxygen atoms in total. The highest BCUT2D eigenvalue weighted by Crippen LogP contribution is 2.35. The summed E-state index contributed by atoms with van der Waals surface area (Å²) in [4.78, 5) is 27.0. The van der Waals surface area contributed by atoms with E-state index in [1.54, 1.807) is 20.3 Å². The molecule has 2 aliphatic heterocycles. The van der Waals surface area contributed by atoms with Gasteiger partial charge in [0.2, 0.25) is 0 Å². The van der Waals surface area contributed by atoms with E-state index in [0.29, 0.717) is 41.4 Å². The zero-order valence-corrected chi connectivity index (χ0v) is 18.4. The van der Waals surface area contributed by atoms with E-state index in [2.05, 4.69) is 10.2 Å². The molecular weight excluding hydrogens is 412 g/mol. The molecule has 1 N–H and O–H groups in total. The van der Waals surface area contributed by atoms with Gasteiger partial charge in [0.15, 0.2) is 0 Å². The number of morpholine rings is 1. The fourth-order valence-corrected chi connectivity index (χ4v) is 4.07. The van der Waals surface area contributed by atoms with E-state index in [1.807, 2.05) is 24.3 Å². The average molecular weight is 440 g/mol. The molecule has 0 spiro atoms. The zero-order valence-electron chi connectivity index (χ0n) is 18.4. The number of rotatable bonds is 9. The second kappa shape index (κ2) is 10.0. The molecule has 8 heteroatoms. The number of hydrogen-bond donors (Lipinski definition) is 1. The average Bonchev–Trinajstić information content (AvgIpc) is 3.11. The molecule has 32 heavy (non-hydrogen) atoms. The van der Waals surface area contributed by atoms with Gasteiger partial charge in [0.25, 0.3) is 11.8 Å². The van der Waals surface area contributed by atoms with Gasteiger partial charge >= 0.3 is 0 Å². The smallest absolute Gasteiger partial charge is 0.262 e. The summed E-state index contributed by atoms with van der Waals surface area (Å²) < 4.78 is 22.3. The Balaban J connectivity index is 1.56. The Kier molecular flexibility index (Phi) is 6.92. The van der Waals surface area contributed by atoms with E-state index in [1.165, 1.54) is 0 Å². The number of nitrogens with one attached hydrogen (secondary N) is 1. The van der Waals surface area contributed by atoms with Gasteiger partial charge in [0.1, 0.15) is 17.2 Å². The molecule has 2 aromatic rings. The first kappa shape index (κ1) is 22.1. The molecule has 0 unspecified atom stereocenters. The fraction of sp³-hybridized carbons (Fsp3) is 0.417. The maximum atomic E-state index is 12.5. The number of carbonyl (C=O) groups is 2. The second-order valence-electron chi connectivity index (χ2n) is 7.77. The lowest BCUT2D eigenvalue weighted by molar-refractivity contribution is 0.0357. The van der Waals surface area contributed by atoms with Gasteiger partial charge < -0.3 is 18.9 Å². The van der Waals surface area contributed by atoms with Crippen LogP contribution in [0.25, 0.3) is 0 Å². The normalized spacial score (nSPS) is 15.9. The summed E-state index contributed by atoms with van der Waals surface area (Å²) in [5, 5.41) is 2.37. The minimum Gasteiger partial charge on any atom is -0.497 e. The summed E-state index contributed by atoms with van der Waals surface area (Å²) in [5.74, 6) is 1.03. The molecule has 2 aliphatic rings. The third-order valence-electron chi connectivity index (χ3n) is 5.78.